The molecular formula is C23H26FN. The zero-order valence-electron chi connectivity index (χ0n) is 15.0. The molecule has 2 aromatic rings. The third kappa shape index (κ3) is 4.48. The van der Waals surface area contributed by atoms with Crippen LogP contribution in [-0.2, 0) is 12.8 Å². The summed E-state index contributed by atoms with van der Waals surface area (Å²) in [6.07, 6.45) is 7.72. The van der Waals surface area contributed by atoms with E-state index in [-0.39, 0.29) is 5.82 Å². The molecule has 2 aromatic carbocycles. The van der Waals surface area contributed by atoms with Crippen molar-refractivity contribution in [3.05, 3.63) is 70.5 Å². The molecule has 0 heterocycles. The summed E-state index contributed by atoms with van der Waals surface area (Å²) in [5.74, 6) is 1.33. The van der Waals surface area contributed by atoms with Gasteiger partial charge in [0.2, 0.25) is 0 Å². The van der Waals surface area contributed by atoms with Gasteiger partial charge < -0.3 is 0 Å². The van der Waals surface area contributed by atoms with Crippen LogP contribution in [0.4, 0.5) is 4.39 Å². The molecule has 0 N–H and O–H groups in total. The van der Waals surface area contributed by atoms with Gasteiger partial charge in [-0.25, -0.2) is 4.39 Å². The van der Waals surface area contributed by atoms with Crippen molar-refractivity contribution >= 4 is 0 Å². The Labute approximate surface area is 150 Å². The van der Waals surface area contributed by atoms with Crippen molar-refractivity contribution in [2.24, 2.45) is 5.92 Å². The molecule has 0 radical (unpaired) electrons. The average Bonchev–Trinajstić information content (AvgIpc) is 2.67. The van der Waals surface area contributed by atoms with Crippen LogP contribution in [0.3, 0.4) is 0 Å². The van der Waals surface area contributed by atoms with Gasteiger partial charge in [-0.05, 0) is 85.3 Å². The zero-order valence-corrected chi connectivity index (χ0v) is 15.0. The molecule has 0 amide bonds. The number of aryl methyl sites for hydroxylation is 2. The van der Waals surface area contributed by atoms with Gasteiger partial charge in [-0.15, -0.1) is 0 Å². The Morgan fingerprint density at radius 2 is 1.72 bits per heavy atom. The second kappa shape index (κ2) is 8.30. The number of benzene rings is 2. The van der Waals surface area contributed by atoms with Gasteiger partial charge in [-0.1, -0.05) is 37.6 Å². The molecule has 0 saturated heterocycles. The van der Waals surface area contributed by atoms with Crippen LogP contribution >= 0.6 is 0 Å². The third-order valence-electron chi connectivity index (χ3n) is 5.74. The van der Waals surface area contributed by atoms with Crippen molar-refractivity contribution in [1.29, 1.82) is 5.26 Å². The molecule has 0 unspecified atom stereocenters. The van der Waals surface area contributed by atoms with Gasteiger partial charge in [0.15, 0.2) is 0 Å². The summed E-state index contributed by atoms with van der Waals surface area (Å²) < 4.78 is 14.5. The van der Waals surface area contributed by atoms with Crippen LogP contribution in [0, 0.1) is 23.1 Å². The van der Waals surface area contributed by atoms with Crippen molar-refractivity contribution in [1.82, 2.24) is 0 Å². The number of hydrogen-bond donors (Lipinski definition) is 0. The molecule has 0 bridgehead atoms. The van der Waals surface area contributed by atoms with Crippen molar-refractivity contribution in [2.75, 3.05) is 0 Å². The van der Waals surface area contributed by atoms with Crippen molar-refractivity contribution < 1.29 is 4.39 Å². The minimum Gasteiger partial charge on any atom is -0.207 e. The molecule has 25 heavy (non-hydrogen) atoms. The van der Waals surface area contributed by atoms with E-state index >= 15 is 0 Å². The highest BCUT2D eigenvalue weighted by molar-refractivity contribution is 5.33. The first kappa shape index (κ1) is 17.7. The fraction of sp³-hybridized carbons (Fsp3) is 0.435. The van der Waals surface area contributed by atoms with Crippen LogP contribution in [0.15, 0.2) is 42.5 Å². The standard InChI is InChI=1S/C23H26FN/c1-2-17-7-10-20(11-8-17)22-14-13-21(23(24)15-22)12-9-18-3-5-19(16-25)6-4-18/h3-6,13-15,17,20H,2,7-12H2,1H3. The summed E-state index contributed by atoms with van der Waals surface area (Å²) in [6.45, 7) is 2.27. The highest BCUT2D eigenvalue weighted by atomic mass is 19.1. The molecule has 0 aromatic heterocycles. The maximum absolute atomic E-state index is 14.5. The zero-order chi connectivity index (χ0) is 17.6. The summed E-state index contributed by atoms with van der Waals surface area (Å²) >= 11 is 0. The molecule has 1 aliphatic rings. The fourth-order valence-corrected chi connectivity index (χ4v) is 3.95. The molecule has 0 spiro atoms. The molecule has 1 fully saturated rings. The summed E-state index contributed by atoms with van der Waals surface area (Å²) in [6, 6.07) is 15.5. The monoisotopic (exact) mass is 335 g/mol. The molecular weight excluding hydrogens is 309 g/mol. The third-order valence-corrected chi connectivity index (χ3v) is 5.74. The van der Waals surface area contributed by atoms with Gasteiger partial charge in [0.05, 0.1) is 11.6 Å². The first-order chi connectivity index (χ1) is 12.2. The Balaban J connectivity index is 1.61. The van der Waals surface area contributed by atoms with Gasteiger partial charge in [0, 0.05) is 0 Å². The maximum Gasteiger partial charge on any atom is 0.126 e. The van der Waals surface area contributed by atoms with Crippen molar-refractivity contribution in [2.45, 2.75) is 57.8 Å². The van der Waals surface area contributed by atoms with E-state index < -0.39 is 0 Å². The van der Waals surface area contributed by atoms with Crippen LogP contribution in [0.25, 0.3) is 0 Å². The molecule has 3 rings (SSSR count). The lowest BCUT2D eigenvalue weighted by atomic mass is 9.77. The van der Waals surface area contributed by atoms with E-state index in [0.717, 1.165) is 23.5 Å². The van der Waals surface area contributed by atoms with E-state index in [1.807, 2.05) is 30.3 Å². The summed E-state index contributed by atoms with van der Waals surface area (Å²) in [7, 11) is 0. The molecule has 0 atom stereocenters. The summed E-state index contributed by atoms with van der Waals surface area (Å²) in [5, 5.41) is 8.84. The Kier molecular flexibility index (Phi) is 5.87. The molecule has 0 aliphatic heterocycles. The fourth-order valence-electron chi connectivity index (χ4n) is 3.95. The highest BCUT2D eigenvalue weighted by Crippen LogP contribution is 2.37. The van der Waals surface area contributed by atoms with E-state index in [1.165, 1.54) is 37.7 Å². The van der Waals surface area contributed by atoms with Gasteiger partial charge in [0.1, 0.15) is 5.82 Å². The lowest BCUT2D eigenvalue weighted by Gasteiger charge is -2.28. The first-order valence-electron chi connectivity index (χ1n) is 9.47. The van der Waals surface area contributed by atoms with Gasteiger partial charge in [0.25, 0.3) is 0 Å². The van der Waals surface area contributed by atoms with E-state index in [9.17, 15) is 4.39 Å². The van der Waals surface area contributed by atoms with E-state index in [4.69, 9.17) is 5.26 Å². The normalized spacial score (nSPS) is 20.2. The molecule has 1 nitrogen and oxygen atoms in total. The summed E-state index contributed by atoms with van der Waals surface area (Å²) in [5.41, 5.74) is 3.77. The molecule has 1 saturated carbocycles. The van der Waals surface area contributed by atoms with E-state index in [1.54, 1.807) is 6.07 Å². The van der Waals surface area contributed by atoms with Gasteiger partial charge in [-0.3, -0.25) is 0 Å². The smallest absolute Gasteiger partial charge is 0.126 e. The lowest BCUT2D eigenvalue weighted by Crippen LogP contribution is -2.13. The summed E-state index contributed by atoms with van der Waals surface area (Å²) in [4.78, 5) is 0. The second-order valence-corrected chi connectivity index (χ2v) is 7.29. The first-order valence-corrected chi connectivity index (χ1v) is 9.47. The lowest BCUT2D eigenvalue weighted by molar-refractivity contribution is 0.318. The van der Waals surface area contributed by atoms with Crippen LogP contribution < -0.4 is 0 Å². The van der Waals surface area contributed by atoms with Crippen LogP contribution in [0.5, 0.6) is 0 Å². The van der Waals surface area contributed by atoms with E-state index in [2.05, 4.69) is 19.1 Å². The Bertz CT molecular complexity index is 734. The predicted molar refractivity (Wildman–Crippen MR) is 100.0 cm³/mol. The molecule has 1 aliphatic carbocycles. The van der Waals surface area contributed by atoms with Crippen molar-refractivity contribution in [3.63, 3.8) is 0 Å². The molecule has 2 heteroatoms. The number of halogens is 1. The van der Waals surface area contributed by atoms with E-state index in [0.29, 0.717) is 17.9 Å². The maximum atomic E-state index is 14.5. The Morgan fingerprint density at radius 1 is 1.00 bits per heavy atom. The number of nitrogens with zero attached hydrogens (tertiary/aromatic N) is 1. The minimum absolute atomic E-state index is 0.0660. The quantitative estimate of drug-likeness (QED) is 0.641. The topological polar surface area (TPSA) is 23.8 Å². The highest BCUT2D eigenvalue weighted by Gasteiger charge is 2.21. The van der Waals surface area contributed by atoms with Crippen LogP contribution in [0.2, 0.25) is 0 Å². The average molecular weight is 335 g/mol. The minimum atomic E-state index is -0.0660. The second-order valence-electron chi connectivity index (χ2n) is 7.29. The largest absolute Gasteiger partial charge is 0.207 e. The van der Waals surface area contributed by atoms with Crippen LogP contribution in [-0.4, -0.2) is 0 Å². The van der Waals surface area contributed by atoms with Crippen molar-refractivity contribution in [3.8, 4) is 6.07 Å². The van der Waals surface area contributed by atoms with Crippen LogP contribution in [0.1, 0.15) is 67.2 Å². The number of rotatable bonds is 5. The SMILES string of the molecule is CCC1CCC(c2ccc(CCc3ccc(C#N)cc3)c(F)c2)CC1. The predicted octanol–water partition coefficient (Wildman–Crippen LogP) is 6.17. The molecule has 130 valence electrons. The number of hydrogen-bond acceptors (Lipinski definition) is 1. The van der Waals surface area contributed by atoms with Gasteiger partial charge in [-0.2, -0.15) is 5.26 Å². The van der Waals surface area contributed by atoms with Gasteiger partial charge >= 0.3 is 0 Å². The number of nitriles is 1. The Hall–Kier alpha value is -2.14. The Morgan fingerprint density at radius 3 is 2.32 bits per heavy atom.